The van der Waals surface area contributed by atoms with E-state index in [-0.39, 0.29) is 28.3 Å². The number of hydrogen-bond acceptors (Lipinski definition) is 6. The van der Waals surface area contributed by atoms with Gasteiger partial charge in [-0.3, -0.25) is 14.9 Å². The third-order valence-electron chi connectivity index (χ3n) is 3.69. The van der Waals surface area contributed by atoms with Crippen LogP contribution >= 0.6 is 11.8 Å². The number of nitrogens with zero attached hydrogens (tertiary/aromatic N) is 2. The van der Waals surface area contributed by atoms with Crippen molar-refractivity contribution in [3.05, 3.63) is 39.4 Å². The lowest BCUT2D eigenvalue weighted by molar-refractivity contribution is -0.384. The van der Waals surface area contributed by atoms with E-state index in [1.54, 1.807) is 16.7 Å². The summed E-state index contributed by atoms with van der Waals surface area (Å²) in [4.78, 5) is 36.6. The Morgan fingerprint density at radius 1 is 1.30 bits per heavy atom. The molecule has 1 aliphatic heterocycles. The fourth-order valence-electron chi connectivity index (χ4n) is 2.47. The van der Waals surface area contributed by atoms with Crippen LogP contribution in [-0.4, -0.2) is 52.4 Å². The van der Waals surface area contributed by atoms with Crippen molar-refractivity contribution in [3.8, 4) is 0 Å². The van der Waals surface area contributed by atoms with E-state index in [1.807, 2.05) is 13.8 Å². The van der Waals surface area contributed by atoms with Gasteiger partial charge < -0.3 is 9.64 Å². The van der Waals surface area contributed by atoms with Crippen LogP contribution in [0.15, 0.2) is 18.2 Å². The maximum absolute atomic E-state index is 12.8. The van der Waals surface area contributed by atoms with Crippen LogP contribution in [0.5, 0.6) is 0 Å². The van der Waals surface area contributed by atoms with Gasteiger partial charge >= 0.3 is 5.97 Å². The topological polar surface area (TPSA) is 89.8 Å². The minimum absolute atomic E-state index is 0.00533. The molecule has 1 saturated heterocycles. The first-order chi connectivity index (χ1) is 10.8. The molecular formula is C15H18N2O5S. The number of nitro groups is 1. The molecule has 23 heavy (non-hydrogen) atoms. The highest BCUT2D eigenvalue weighted by Crippen LogP contribution is 2.29. The lowest BCUT2D eigenvalue weighted by Crippen LogP contribution is -2.53. The van der Waals surface area contributed by atoms with Gasteiger partial charge in [-0.05, 0) is 19.9 Å². The number of amides is 1. The molecule has 1 aliphatic rings. The number of hydrogen-bond donors (Lipinski definition) is 0. The molecule has 0 N–H and O–H groups in total. The second-order valence-corrected chi connectivity index (χ2v) is 6.94. The highest BCUT2D eigenvalue weighted by atomic mass is 32.2. The van der Waals surface area contributed by atoms with Crippen LogP contribution in [0, 0.1) is 10.1 Å². The van der Waals surface area contributed by atoms with E-state index in [0.29, 0.717) is 6.54 Å². The van der Waals surface area contributed by atoms with Crippen LogP contribution in [0.25, 0.3) is 0 Å². The van der Waals surface area contributed by atoms with Gasteiger partial charge in [-0.1, -0.05) is 0 Å². The molecule has 0 spiro atoms. The number of carbonyl (C=O) groups excluding carboxylic acids is 2. The smallest absolute Gasteiger partial charge is 0.338 e. The molecule has 1 fully saturated rings. The third-order valence-corrected chi connectivity index (χ3v) is 5.07. The van der Waals surface area contributed by atoms with Crippen molar-refractivity contribution in [2.45, 2.75) is 19.4 Å². The largest absolute Gasteiger partial charge is 0.465 e. The average molecular weight is 338 g/mol. The summed E-state index contributed by atoms with van der Waals surface area (Å²) in [7, 11) is 1.19. The van der Waals surface area contributed by atoms with Crippen LogP contribution in [0.4, 0.5) is 5.69 Å². The standard InChI is InChI=1S/C15H18N2O5S/c1-15(2)9-23-5-4-16(15)13(18)10-6-11(14(19)22-3)8-12(7-10)17(20)21/h6-8H,4-5,9H2,1-3H3. The molecule has 0 radical (unpaired) electrons. The van der Waals surface area contributed by atoms with Gasteiger partial charge in [-0.25, -0.2) is 4.79 Å². The van der Waals surface area contributed by atoms with E-state index in [0.717, 1.165) is 17.6 Å². The second kappa shape index (κ2) is 6.57. The first kappa shape index (κ1) is 17.3. The average Bonchev–Trinajstić information content (AvgIpc) is 2.52. The van der Waals surface area contributed by atoms with Gasteiger partial charge in [0.1, 0.15) is 0 Å². The highest BCUT2D eigenvalue weighted by Gasteiger charge is 2.35. The summed E-state index contributed by atoms with van der Waals surface area (Å²) in [5.74, 6) is 0.575. The van der Waals surface area contributed by atoms with Crippen molar-refractivity contribution in [3.63, 3.8) is 0 Å². The zero-order chi connectivity index (χ0) is 17.2. The minimum atomic E-state index is -0.712. The number of methoxy groups -OCH3 is 1. The van der Waals surface area contributed by atoms with Crippen molar-refractivity contribution >= 4 is 29.3 Å². The summed E-state index contributed by atoms with van der Waals surface area (Å²) >= 11 is 1.76. The minimum Gasteiger partial charge on any atom is -0.465 e. The van der Waals surface area contributed by atoms with Crippen molar-refractivity contribution < 1.29 is 19.2 Å². The molecule has 1 amide bonds. The molecule has 8 heteroatoms. The molecular weight excluding hydrogens is 320 g/mol. The SMILES string of the molecule is COC(=O)c1cc(C(=O)N2CCSCC2(C)C)cc([N+](=O)[O-])c1. The Bertz CT molecular complexity index is 659. The molecule has 1 aromatic carbocycles. The molecule has 2 rings (SSSR count). The van der Waals surface area contributed by atoms with Crippen molar-refractivity contribution in [2.75, 3.05) is 25.2 Å². The Morgan fingerprint density at radius 3 is 2.52 bits per heavy atom. The van der Waals surface area contributed by atoms with Gasteiger partial charge in [0.2, 0.25) is 0 Å². The Hall–Kier alpha value is -2.09. The summed E-state index contributed by atoms with van der Waals surface area (Å²) in [6, 6.07) is 3.66. The summed E-state index contributed by atoms with van der Waals surface area (Å²) in [6.45, 7) is 4.47. The van der Waals surface area contributed by atoms with Gasteiger partial charge in [0.25, 0.3) is 11.6 Å². The number of esters is 1. The van der Waals surface area contributed by atoms with E-state index in [4.69, 9.17) is 0 Å². The predicted octanol–water partition coefficient (Wildman–Crippen LogP) is 2.35. The van der Waals surface area contributed by atoms with Crippen LogP contribution < -0.4 is 0 Å². The number of rotatable bonds is 3. The summed E-state index contributed by atoms with van der Waals surface area (Å²) in [5.41, 5.74) is -0.537. The molecule has 0 saturated carbocycles. The maximum Gasteiger partial charge on any atom is 0.338 e. The Kier molecular flexibility index (Phi) is 4.93. The molecule has 0 bridgehead atoms. The maximum atomic E-state index is 12.8. The van der Waals surface area contributed by atoms with Crippen molar-refractivity contribution in [2.24, 2.45) is 0 Å². The highest BCUT2D eigenvalue weighted by molar-refractivity contribution is 7.99. The normalized spacial score (nSPS) is 16.7. The number of non-ortho nitro benzene ring substituents is 1. The van der Waals surface area contributed by atoms with Gasteiger partial charge in [0, 0.05) is 41.3 Å². The predicted molar refractivity (Wildman–Crippen MR) is 86.9 cm³/mol. The van der Waals surface area contributed by atoms with Crippen LogP contribution in [0.3, 0.4) is 0 Å². The van der Waals surface area contributed by atoms with Crippen LogP contribution in [-0.2, 0) is 4.74 Å². The van der Waals surface area contributed by atoms with E-state index >= 15 is 0 Å². The first-order valence-corrected chi connectivity index (χ1v) is 8.19. The molecule has 0 aromatic heterocycles. The molecule has 0 atom stereocenters. The zero-order valence-corrected chi connectivity index (χ0v) is 14.0. The zero-order valence-electron chi connectivity index (χ0n) is 13.2. The Balaban J connectivity index is 2.44. The fourth-order valence-corrected chi connectivity index (χ4v) is 3.58. The first-order valence-electron chi connectivity index (χ1n) is 7.04. The van der Waals surface area contributed by atoms with Gasteiger partial charge in [-0.15, -0.1) is 0 Å². The third kappa shape index (κ3) is 3.64. The lowest BCUT2D eigenvalue weighted by atomic mass is 10.0. The van der Waals surface area contributed by atoms with Crippen molar-refractivity contribution in [1.82, 2.24) is 4.90 Å². The Labute approximate surface area is 138 Å². The van der Waals surface area contributed by atoms with Gasteiger partial charge in [0.05, 0.1) is 17.6 Å². The molecule has 0 unspecified atom stereocenters. The summed E-state index contributed by atoms with van der Waals surface area (Å²) < 4.78 is 4.60. The molecule has 1 aromatic rings. The lowest BCUT2D eigenvalue weighted by Gasteiger charge is -2.42. The molecule has 7 nitrogen and oxygen atoms in total. The number of benzene rings is 1. The summed E-state index contributed by atoms with van der Waals surface area (Å²) in [5, 5.41) is 11.1. The molecule has 0 aliphatic carbocycles. The van der Waals surface area contributed by atoms with Gasteiger partial charge in [-0.2, -0.15) is 11.8 Å². The van der Waals surface area contributed by atoms with E-state index in [1.165, 1.54) is 19.2 Å². The number of carbonyl (C=O) groups is 2. The monoisotopic (exact) mass is 338 g/mol. The van der Waals surface area contributed by atoms with Gasteiger partial charge in [0.15, 0.2) is 0 Å². The second-order valence-electron chi connectivity index (χ2n) is 5.84. The van der Waals surface area contributed by atoms with E-state index in [2.05, 4.69) is 4.74 Å². The van der Waals surface area contributed by atoms with Crippen LogP contribution in [0.1, 0.15) is 34.6 Å². The van der Waals surface area contributed by atoms with Crippen molar-refractivity contribution in [1.29, 1.82) is 0 Å². The summed E-state index contributed by atoms with van der Waals surface area (Å²) in [6.07, 6.45) is 0. The molecule has 124 valence electrons. The van der Waals surface area contributed by atoms with E-state index in [9.17, 15) is 19.7 Å². The Morgan fingerprint density at radius 2 is 1.96 bits per heavy atom. The number of thioether (sulfide) groups is 1. The quantitative estimate of drug-likeness (QED) is 0.477. The van der Waals surface area contributed by atoms with Crippen LogP contribution in [0.2, 0.25) is 0 Å². The van der Waals surface area contributed by atoms with E-state index < -0.39 is 10.9 Å². The number of nitro benzene ring substituents is 1. The number of ether oxygens (including phenoxy) is 1. The molecule has 1 heterocycles. The fraction of sp³-hybridized carbons (Fsp3) is 0.467.